The molecule has 1 aliphatic rings. The fourth-order valence-electron chi connectivity index (χ4n) is 1.65. The summed E-state index contributed by atoms with van der Waals surface area (Å²) in [5, 5.41) is 9.05. The Morgan fingerprint density at radius 1 is 1.42 bits per heavy atom. The van der Waals surface area contributed by atoms with E-state index in [1.165, 1.54) is 21.9 Å². The zero-order valence-electron chi connectivity index (χ0n) is 11.0. The molecule has 0 radical (unpaired) electrons. The maximum Gasteiger partial charge on any atom is 0.417 e. The molecule has 0 fully saturated rings. The number of aromatic nitrogens is 2. The van der Waals surface area contributed by atoms with E-state index in [0.29, 0.717) is 5.95 Å². The first-order valence-electron chi connectivity index (χ1n) is 5.75. The number of carboxylic acids is 1. The van der Waals surface area contributed by atoms with Gasteiger partial charge in [-0.3, -0.25) is 4.57 Å². The van der Waals surface area contributed by atoms with Crippen LogP contribution in [0.2, 0.25) is 0 Å². The Morgan fingerprint density at radius 2 is 2.11 bits per heavy atom. The first kappa shape index (κ1) is 13.1. The molecule has 0 saturated heterocycles. The number of rotatable bonds is 1. The minimum atomic E-state index is -1.08. The van der Waals surface area contributed by atoms with Gasteiger partial charge < -0.3 is 9.84 Å². The summed E-state index contributed by atoms with van der Waals surface area (Å²) < 4.78 is 6.73. The summed E-state index contributed by atoms with van der Waals surface area (Å²) in [4.78, 5) is 28.4. The Kier molecular flexibility index (Phi) is 3.05. The lowest BCUT2D eigenvalue weighted by Crippen LogP contribution is -2.41. The maximum atomic E-state index is 12.1. The number of ether oxygens (including phenoxy) is 1. The molecule has 0 unspecified atom stereocenters. The van der Waals surface area contributed by atoms with Gasteiger partial charge in [-0.15, -0.1) is 0 Å². The number of anilines is 1. The maximum absolute atomic E-state index is 12.1. The smallest absolute Gasteiger partial charge is 0.417 e. The van der Waals surface area contributed by atoms with Crippen molar-refractivity contribution in [3.63, 3.8) is 0 Å². The lowest BCUT2D eigenvalue weighted by atomic mass is 10.2. The molecule has 7 nitrogen and oxygen atoms in total. The summed E-state index contributed by atoms with van der Waals surface area (Å²) >= 11 is 0. The minimum absolute atomic E-state index is 0.0682. The molecule has 1 N–H and O–H groups in total. The largest absolute Gasteiger partial charge is 0.478 e. The molecule has 1 aliphatic heterocycles. The van der Waals surface area contributed by atoms with Gasteiger partial charge in [-0.1, -0.05) is 0 Å². The van der Waals surface area contributed by atoms with Gasteiger partial charge in [0.25, 0.3) is 0 Å². The molecule has 1 aromatic heterocycles. The fraction of sp³-hybridized carbons (Fsp3) is 0.417. The molecule has 0 bridgehead atoms. The highest BCUT2D eigenvalue weighted by Gasteiger charge is 2.31. The van der Waals surface area contributed by atoms with Crippen LogP contribution in [0.25, 0.3) is 6.20 Å². The van der Waals surface area contributed by atoms with Crippen molar-refractivity contribution >= 4 is 24.2 Å². The Balaban J connectivity index is 2.31. The Hall–Kier alpha value is -2.31. The van der Waals surface area contributed by atoms with Crippen LogP contribution in [-0.2, 0) is 9.53 Å². The van der Waals surface area contributed by atoms with Crippen molar-refractivity contribution in [2.24, 2.45) is 0 Å². The molecule has 0 spiro atoms. The number of imidazole rings is 1. The number of amides is 1. The minimum Gasteiger partial charge on any atom is -0.478 e. The van der Waals surface area contributed by atoms with Crippen LogP contribution in [0.15, 0.2) is 18.0 Å². The molecular weight excluding hydrogens is 250 g/mol. The van der Waals surface area contributed by atoms with Crippen LogP contribution in [0.3, 0.4) is 0 Å². The van der Waals surface area contributed by atoms with Crippen LogP contribution in [-0.4, -0.2) is 38.9 Å². The quantitative estimate of drug-likeness (QED) is 0.833. The molecular formula is C12H15N3O4. The van der Waals surface area contributed by atoms with E-state index < -0.39 is 17.7 Å². The fourth-order valence-corrected chi connectivity index (χ4v) is 1.65. The number of carboxylic acid groups (broad SMARTS) is 1. The zero-order chi connectivity index (χ0) is 14.2. The predicted molar refractivity (Wildman–Crippen MR) is 67.7 cm³/mol. The first-order valence-corrected chi connectivity index (χ1v) is 5.75. The SMILES string of the molecule is CC(C)(C)OC(=O)N1CC(C(=O)O)=Cn2ccnc21. The van der Waals surface area contributed by atoms with Gasteiger partial charge in [0.1, 0.15) is 5.60 Å². The highest BCUT2D eigenvalue weighted by molar-refractivity contribution is 5.97. The predicted octanol–water partition coefficient (Wildman–Crippen LogP) is 1.56. The van der Waals surface area contributed by atoms with Crippen molar-refractivity contribution in [1.29, 1.82) is 0 Å². The number of hydrogen-bond acceptors (Lipinski definition) is 4. The van der Waals surface area contributed by atoms with Gasteiger partial charge in [0.2, 0.25) is 5.95 Å². The third-order valence-electron chi connectivity index (χ3n) is 2.40. The Morgan fingerprint density at radius 3 is 2.68 bits per heavy atom. The number of carbonyl (C=O) groups is 2. The van der Waals surface area contributed by atoms with Gasteiger partial charge in [-0.2, -0.15) is 0 Å². The second-order valence-corrected chi connectivity index (χ2v) is 5.16. The average Bonchev–Trinajstić information content (AvgIpc) is 2.72. The molecule has 7 heteroatoms. The first-order chi connectivity index (χ1) is 8.78. The van der Waals surface area contributed by atoms with Gasteiger partial charge in [0.05, 0.1) is 12.1 Å². The van der Waals surface area contributed by atoms with E-state index in [-0.39, 0.29) is 12.1 Å². The molecule has 0 atom stereocenters. The zero-order valence-corrected chi connectivity index (χ0v) is 11.0. The second kappa shape index (κ2) is 4.42. The molecule has 19 heavy (non-hydrogen) atoms. The van der Waals surface area contributed by atoms with Crippen molar-refractivity contribution in [2.45, 2.75) is 26.4 Å². The van der Waals surface area contributed by atoms with Crippen LogP contribution in [0, 0.1) is 0 Å². The van der Waals surface area contributed by atoms with Crippen molar-refractivity contribution in [3.8, 4) is 0 Å². The third-order valence-corrected chi connectivity index (χ3v) is 2.40. The normalized spacial score (nSPS) is 14.7. The standard InChI is InChI=1S/C12H15N3O4/c1-12(2,3)19-11(18)15-7-8(9(16)17)6-14-5-4-13-10(14)15/h4-6H,7H2,1-3H3,(H,16,17). The second-order valence-electron chi connectivity index (χ2n) is 5.16. The molecule has 2 rings (SSSR count). The molecule has 0 saturated carbocycles. The lowest BCUT2D eigenvalue weighted by molar-refractivity contribution is -0.132. The topological polar surface area (TPSA) is 84.7 Å². The molecule has 102 valence electrons. The van der Waals surface area contributed by atoms with Crippen molar-refractivity contribution in [1.82, 2.24) is 9.55 Å². The number of aliphatic carboxylic acids is 1. The summed E-state index contributed by atoms with van der Waals surface area (Å²) in [6.45, 7) is 5.17. The van der Waals surface area contributed by atoms with Gasteiger partial charge >= 0.3 is 12.1 Å². The van der Waals surface area contributed by atoms with Crippen LogP contribution < -0.4 is 4.90 Å². The Labute approximate surface area is 110 Å². The van der Waals surface area contributed by atoms with E-state index in [4.69, 9.17) is 9.84 Å². The summed E-state index contributed by atoms with van der Waals surface area (Å²) in [6, 6.07) is 0. The van der Waals surface area contributed by atoms with Crippen LogP contribution in [0.1, 0.15) is 20.8 Å². The summed E-state index contributed by atoms with van der Waals surface area (Å²) in [5.74, 6) is -0.729. The molecule has 1 amide bonds. The molecule has 1 aromatic rings. The number of hydrogen-bond donors (Lipinski definition) is 1. The van der Waals surface area contributed by atoms with Crippen LogP contribution >= 0.6 is 0 Å². The van der Waals surface area contributed by atoms with E-state index in [1.54, 1.807) is 27.0 Å². The lowest BCUT2D eigenvalue weighted by Gasteiger charge is -2.28. The number of carbonyl (C=O) groups excluding carboxylic acids is 1. The van der Waals surface area contributed by atoms with Crippen molar-refractivity contribution < 1.29 is 19.4 Å². The average molecular weight is 265 g/mol. The van der Waals surface area contributed by atoms with E-state index in [2.05, 4.69) is 4.98 Å². The highest BCUT2D eigenvalue weighted by atomic mass is 16.6. The van der Waals surface area contributed by atoms with Crippen molar-refractivity contribution in [2.75, 3.05) is 11.4 Å². The van der Waals surface area contributed by atoms with Crippen molar-refractivity contribution in [3.05, 3.63) is 18.0 Å². The molecule has 0 aliphatic carbocycles. The molecule has 0 aromatic carbocycles. The van der Waals surface area contributed by atoms with E-state index in [1.807, 2.05) is 0 Å². The third kappa shape index (κ3) is 2.75. The summed E-state index contributed by atoms with van der Waals surface area (Å²) in [5.41, 5.74) is -0.560. The summed E-state index contributed by atoms with van der Waals surface area (Å²) in [7, 11) is 0. The van der Waals surface area contributed by atoms with E-state index in [0.717, 1.165) is 0 Å². The molecule has 2 heterocycles. The Bertz CT molecular complexity index is 554. The van der Waals surface area contributed by atoms with E-state index >= 15 is 0 Å². The van der Waals surface area contributed by atoms with Gasteiger partial charge in [-0.25, -0.2) is 19.5 Å². The summed E-state index contributed by atoms with van der Waals surface area (Å²) in [6.07, 6.45) is 3.89. The van der Waals surface area contributed by atoms with Gasteiger partial charge in [0.15, 0.2) is 0 Å². The monoisotopic (exact) mass is 265 g/mol. The number of fused-ring (bicyclic) bond motifs is 1. The number of nitrogens with zero attached hydrogens (tertiary/aromatic N) is 3. The van der Waals surface area contributed by atoms with E-state index in [9.17, 15) is 9.59 Å². The highest BCUT2D eigenvalue weighted by Crippen LogP contribution is 2.23. The van der Waals surface area contributed by atoms with Crippen LogP contribution in [0.5, 0.6) is 0 Å². The van der Waals surface area contributed by atoms with Crippen LogP contribution in [0.4, 0.5) is 10.7 Å². The van der Waals surface area contributed by atoms with Gasteiger partial charge in [-0.05, 0) is 20.8 Å². The van der Waals surface area contributed by atoms with Gasteiger partial charge in [0, 0.05) is 18.6 Å².